The largest absolute Gasteiger partial charge is 0.493 e. The molecule has 37 heavy (non-hydrogen) atoms. The van der Waals surface area contributed by atoms with Crippen molar-refractivity contribution in [2.75, 3.05) is 13.2 Å². The van der Waals surface area contributed by atoms with Gasteiger partial charge in [-0.25, -0.2) is 0 Å². The smallest absolute Gasteiger partial charge is 0.437 e. The van der Waals surface area contributed by atoms with Gasteiger partial charge >= 0.3 is 12.1 Å². The van der Waals surface area contributed by atoms with Crippen LogP contribution < -0.4 is 9.47 Å². The summed E-state index contributed by atoms with van der Waals surface area (Å²) >= 11 is 0. The monoisotopic (exact) mass is 518 g/mol. The Kier molecular flexibility index (Phi) is 7.94. The highest BCUT2D eigenvalue weighted by atomic mass is 19.4. The number of H-pyrrole nitrogens is 1. The van der Waals surface area contributed by atoms with Crippen molar-refractivity contribution in [3.63, 3.8) is 0 Å². The number of carbonyl (C=O) groups is 1. The molecule has 4 aromatic rings. The number of carboxylic acids is 1. The van der Waals surface area contributed by atoms with Crippen LogP contribution in [0.25, 0.3) is 21.9 Å². The Morgan fingerprint density at radius 3 is 2.54 bits per heavy atom. The molecule has 1 unspecified atom stereocenters. The number of benzene rings is 2. The minimum Gasteiger partial charge on any atom is -0.493 e. The molecule has 0 fully saturated rings. The molecule has 0 radical (unpaired) electrons. The molecule has 0 amide bonds. The van der Waals surface area contributed by atoms with E-state index >= 15 is 0 Å². The van der Waals surface area contributed by atoms with Gasteiger partial charge in [0.15, 0.2) is 11.3 Å². The normalized spacial score (nSPS) is 12.8. The summed E-state index contributed by atoms with van der Waals surface area (Å²) in [5.74, 6) is 0.494. The van der Waals surface area contributed by atoms with E-state index in [1.54, 1.807) is 12.3 Å². The van der Waals surface area contributed by atoms with Crippen LogP contribution in [0, 0.1) is 5.92 Å². The fourth-order valence-corrected chi connectivity index (χ4v) is 4.39. The van der Waals surface area contributed by atoms with Crippen molar-refractivity contribution in [1.82, 2.24) is 10.1 Å². The van der Waals surface area contributed by atoms with Gasteiger partial charge in [-0.1, -0.05) is 31.5 Å². The molecule has 0 saturated heterocycles. The molecule has 4 rings (SSSR count). The first-order valence-corrected chi connectivity index (χ1v) is 12.2. The zero-order chi connectivity index (χ0) is 26.6. The molecule has 0 spiro atoms. The average Bonchev–Trinajstić information content (AvgIpc) is 3.45. The zero-order valence-electron chi connectivity index (χ0n) is 20.7. The summed E-state index contributed by atoms with van der Waals surface area (Å²) in [4.78, 5) is 14.3. The lowest BCUT2D eigenvalue weighted by molar-refractivity contribution is -0.141. The Hall–Kier alpha value is -3.69. The number of nitrogens with one attached hydrogen (secondary N) is 1. The number of nitrogens with zero attached hydrogens (tertiary/aromatic N) is 1. The van der Waals surface area contributed by atoms with E-state index in [0.29, 0.717) is 48.7 Å². The summed E-state index contributed by atoms with van der Waals surface area (Å²) in [5, 5.41) is 13.1. The first-order valence-electron chi connectivity index (χ1n) is 12.2. The summed E-state index contributed by atoms with van der Waals surface area (Å²) in [6.45, 7) is 4.84. The van der Waals surface area contributed by atoms with Crippen LogP contribution in [0.3, 0.4) is 0 Å². The summed E-state index contributed by atoms with van der Waals surface area (Å²) in [6, 6.07) is 8.46. The maximum absolute atomic E-state index is 13.2. The number of alkyl halides is 3. The number of aliphatic carboxylic acids is 1. The predicted molar refractivity (Wildman–Crippen MR) is 132 cm³/mol. The molecule has 0 aliphatic heterocycles. The lowest BCUT2D eigenvalue weighted by atomic mass is 10.0. The molecule has 0 saturated carbocycles. The third kappa shape index (κ3) is 6.00. The number of halogens is 3. The Morgan fingerprint density at radius 1 is 1.14 bits per heavy atom. The van der Waals surface area contributed by atoms with Gasteiger partial charge in [0, 0.05) is 22.7 Å². The first kappa shape index (κ1) is 26.4. The lowest BCUT2D eigenvalue weighted by Gasteiger charge is -2.15. The molecule has 0 aliphatic rings. The number of hydrogen-bond acceptors (Lipinski definition) is 5. The minimum atomic E-state index is -4.58. The van der Waals surface area contributed by atoms with E-state index in [4.69, 9.17) is 19.1 Å². The van der Waals surface area contributed by atoms with Gasteiger partial charge < -0.3 is 24.1 Å². The molecule has 0 aliphatic carbocycles. The lowest BCUT2D eigenvalue weighted by Crippen LogP contribution is -2.10. The highest BCUT2D eigenvalue weighted by Gasteiger charge is 2.37. The minimum absolute atomic E-state index is 0.0576. The van der Waals surface area contributed by atoms with Gasteiger partial charge in [0.1, 0.15) is 11.5 Å². The van der Waals surface area contributed by atoms with Crippen molar-refractivity contribution in [2.45, 2.75) is 52.1 Å². The first-order chi connectivity index (χ1) is 17.7. The number of aromatic amines is 1. The van der Waals surface area contributed by atoms with Crippen LogP contribution in [0.5, 0.6) is 11.5 Å². The maximum Gasteiger partial charge on any atom is 0.437 e. The molecule has 1 atom stereocenters. The molecule has 2 aromatic heterocycles. The zero-order valence-corrected chi connectivity index (χ0v) is 20.7. The molecule has 0 bridgehead atoms. The molecule has 198 valence electrons. The second-order valence-electron chi connectivity index (χ2n) is 9.14. The second kappa shape index (κ2) is 11.1. The van der Waals surface area contributed by atoms with Gasteiger partial charge in [0.2, 0.25) is 0 Å². The topological polar surface area (TPSA) is 97.6 Å². The number of aromatic nitrogens is 2. The number of ether oxygens (including phenoxy) is 2. The van der Waals surface area contributed by atoms with Crippen molar-refractivity contribution in [3.05, 3.63) is 53.3 Å². The standard InChI is InChI=1S/C27H29F3N2O5/c1-3-5-18-21(9-8-19-25(18)37-32-26(19)27(28,29)30)35-12-10-16(2)11-13-36-22-7-4-6-20-24(22)17(15-31-20)14-23(33)34/h4,6-9,15-16,31H,3,5,10-14H2,1-2H3,(H,33,34). The van der Waals surface area contributed by atoms with Gasteiger partial charge in [0.25, 0.3) is 0 Å². The van der Waals surface area contributed by atoms with Crippen molar-refractivity contribution in [2.24, 2.45) is 5.92 Å². The summed E-state index contributed by atoms with van der Waals surface area (Å²) < 4.78 is 56.7. The highest BCUT2D eigenvalue weighted by molar-refractivity contribution is 5.92. The van der Waals surface area contributed by atoms with E-state index in [2.05, 4.69) is 17.1 Å². The predicted octanol–water partition coefficient (Wildman–Crippen LogP) is 6.78. The van der Waals surface area contributed by atoms with Crippen LogP contribution in [-0.4, -0.2) is 34.4 Å². The fourth-order valence-electron chi connectivity index (χ4n) is 4.39. The van der Waals surface area contributed by atoms with Gasteiger partial charge in [-0.05, 0) is 55.0 Å². The second-order valence-corrected chi connectivity index (χ2v) is 9.14. The van der Waals surface area contributed by atoms with E-state index in [9.17, 15) is 18.0 Å². The van der Waals surface area contributed by atoms with Crippen LogP contribution in [0.15, 0.2) is 41.1 Å². The van der Waals surface area contributed by atoms with E-state index in [1.165, 1.54) is 6.07 Å². The van der Waals surface area contributed by atoms with Crippen molar-refractivity contribution in [3.8, 4) is 11.5 Å². The summed E-state index contributed by atoms with van der Waals surface area (Å²) in [5.41, 5.74) is 1.19. The van der Waals surface area contributed by atoms with Crippen molar-refractivity contribution < 1.29 is 37.1 Å². The quantitative estimate of drug-likeness (QED) is 0.215. The van der Waals surface area contributed by atoms with E-state index < -0.39 is 17.8 Å². The number of fused-ring (bicyclic) bond motifs is 2. The Morgan fingerprint density at radius 2 is 1.86 bits per heavy atom. The number of aryl methyl sites for hydroxylation is 1. The Balaban J connectivity index is 1.34. The van der Waals surface area contributed by atoms with Crippen molar-refractivity contribution >= 4 is 27.8 Å². The molecular weight excluding hydrogens is 489 g/mol. The van der Waals surface area contributed by atoms with E-state index in [0.717, 1.165) is 23.7 Å². The maximum atomic E-state index is 13.2. The third-order valence-corrected chi connectivity index (χ3v) is 6.30. The highest BCUT2D eigenvalue weighted by Crippen LogP contribution is 2.38. The van der Waals surface area contributed by atoms with Crippen molar-refractivity contribution in [1.29, 1.82) is 0 Å². The Bertz CT molecular complexity index is 1380. The number of carboxylic acid groups (broad SMARTS) is 1. The number of rotatable bonds is 12. The van der Waals surface area contributed by atoms with Crippen LogP contribution in [0.1, 0.15) is 49.9 Å². The van der Waals surface area contributed by atoms with E-state index in [-0.39, 0.29) is 23.3 Å². The molecule has 10 heteroatoms. The number of hydrogen-bond donors (Lipinski definition) is 2. The molecular formula is C27H29F3N2O5. The van der Waals surface area contributed by atoms with Crippen LogP contribution >= 0.6 is 0 Å². The van der Waals surface area contributed by atoms with Crippen LogP contribution in [0.2, 0.25) is 0 Å². The summed E-state index contributed by atoms with van der Waals surface area (Å²) in [7, 11) is 0. The molecule has 2 N–H and O–H groups in total. The Labute approximate surface area is 211 Å². The van der Waals surface area contributed by atoms with Gasteiger partial charge in [0.05, 0.1) is 25.0 Å². The molecule has 7 nitrogen and oxygen atoms in total. The SMILES string of the molecule is CCCc1c(OCCC(C)CCOc2cccc3[nH]cc(CC(=O)O)c23)ccc2c(C(F)(F)F)noc12. The van der Waals surface area contributed by atoms with Crippen LogP contribution in [-0.2, 0) is 23.8 Å². The summed E-state index contributed by atoms with van der Waals surface area (Å²) in [6.07, 6.45) is -0.292. The van der Waals surface area contributed by atoms with E-state index in [1.807, 2.05) is 25.1 Å². The van der Waals surface area contributed by atoms with Gasteiger partial charge in [-0.15, -0.1) is 0 Å². The van der Waals surface area contributed by atoms with Gasteiger partial charge in [-0.2, -0.15) is 13.2 Å². The van der Waals surface area contributed by atoms with Crippen LogP contribution in [0.4, 0.5) is 13.2 Å². The molecule has 2 aromatic carbocycles. The molecule has 2 heterocycles. The third-order valence-electron chi connectivity index (χ3n) is 6.30. The fraction of sp³-hybridized carbons (Fsp3) is 0.407. The van der Waals surface area contributed by atoms with Gasteiger partial charge in [-0.3, -0.25) is 4.79 Å². The average molecular weight is 519 g/mol.